The molecule has 0 radical (unpaired) electrons. The van der Waals surface area contributed by atoms with Crippen LogP contribution in [-0.2, 0) is 0 Å². The van der Waals surface area contributed by atoms with E-state index in [4.69, 9.17) is 0 Å². The lowest BCUT2D eigenvalue weighted by atomic mass is 9.95. The first-order valence-corrected chi connectivity index (χ1v) is 8.24. The van der Waals surface area contributed by atoms with Crippen LogP contribution in [0.2, 0.25) is 0 Å². The predicted molar refractivity (Wildman–Crippen MR) is 85.1 cm³/mol. The molecule has 0 saturated heterocycles. The summed E-state index contributed by atoms with van der Waals surface area (Å²) in [6.45, 7) is 7.84. The molecule has 19 heavy (non-hydrogen) atoms. The smallest absolute Gasteiger partial charge is 0.0328 e. The summed E-state index contributed by atoms with van der Waals surface area (Å²) in [6.07, 6.45) is 5.43. The van der Waals surface area contributed by atoms with Crippen molar-refractivity contribution in [3.63, 3.8) is 0 Å². The zero-order valence-electron chi connectivity index (χ0n) is 13.0. The van der Waals surface area contributed by atoms with Gasteiger partial charge in [0.15, 0.2) is 0 Å². The average Bonchev–Trinajstić information content (AvgIpc) is 2.94. The van der Waals surface area contributed by atoms with E-state index in [1.54, 1.807) is 0 Å². The number of hydrogen-bond acceptors (Lipinski definition) is 3. The Kier molecular flexibility index (Phi) is 4.70. The van der Waals surface area contributed by atoms with E-state index in [0.717, 1.165) is 6.54 Å². The molecule has 0 aliphatic heterocycles. The van der Waals surface area contributed by atoms with Crippen LogP contribution in [0.1, 0.15) is 54.0 Å². The Hall–Kier alpha value is -0.380. The molecule has 1 aliphatic carbocycles. The van der Waals surface area contributed by atoms with Gasteiger partial charge >= 0.3 is 0 Å². The van der Waals surface area contributed by atoms with Gasteiger partial charge in [0.25, 0.3) is 0 Å². The van der Waals surface area contributed by atoms with Gasteiger partial charge in [-0.1, -0.05) is 12.8 Å². The number of rotatable bonds is 5. The van der Waals surface area contributed by atoms with Crippen LogP contribution in [0.5, 0.6) is 0 Å². The maximum atomic E-state index is 3.78. The van der Waals surface area contributed by atoms with Gasteiger partial charge in [-0.05, 0) is 59.3 Å². The molecule has 3 heteroatoms. The van der Waals surface area contributed by atoms with E-state index >= 15 is 0 Å². The highest BCUT2D eigenvalue weighted by atomic mass is 32.1. The van der Waals surface area contributed by atoms with Crippen molar-refractivity contribution in [1.29, 1.82) is 0 Å². The molecular weight excluding hydrogens is 252 g/mol. The molecule has 1 saturated carbocycles. The van der Waals surface area contributed by atoms with Gasteiger partial charge in [0.1, 0.15) is 0 Å². The highest BCUT2D eigenvalue weighted by Gasteiger charge is 2.35. The molecule has 0 aromatic carbocycles. The Morgan fingerprint density at radius 2 is 1.95 bits per heavy atom. The van der Waals surface area contributed by atoms with Crippen molar-refractivity contribution in [2.45, 2.75) is 58.0 Å². The topological polar surface area (TPSA) is 15.3 Å². The van der Waals surface area contributed by atoms with Crippen LogP contribution in [0.25, 0.3) is 0 Å². The predicted octanol–water partition coefficient (Wildman–Crippen LogP) is 3.89. The van der Waals surface area contributed by atoms with Crippen molar-refractivity contribution in [3.8, 4) is 0 Å². The lowest BCUT2D eigenvalue weighted by molar-refractivity contribution is 0.150. The Morgan fingerprint density at radius 3 is 2.42 bits per heavy atom. The number of nitrogens with one attached hydrogen (secondary N) is 1. The van der Waals surface area contributed by atoms with E-state index < -0.39 is 0 Å². The van der Waals surface area contributed by atoms with E-state index in [2.05, 4.69) is 51.1 Å². The van der Waals surface area contributed by atoms with Gasteiger partial charge in [0, 0.05) is 27.9 Å². The van der Waals surface area contributed by atoms with Crippen molar-refractivity contribution >= 4 is 11.3 Å². The quantitative estimate of drug-likeness (QED) is 0.880. The van der Waals surface area contributed by atoms with Crippen molar-refractivity contribution in [1.82, 2.24) is 10.2 Å². The lowest BCUT2D eigenvalue weighted by Crippen LogP contribution is -2.50. The summed E-state index contributed by atoms with van der Waals surface area (Å²) in [4.78, 5) is 5.32. The Balaban J connectivity index is 1.99. The maximum Gasteiger partial charge on any atom is 0.0328 e. The Bertz CT molecular complexity index is 416. The fraction of sp³-hybridized carbons (Fsp3) is 0.750. The van der Waals surface area contributed by atoms with E-state index in [0.29, 0.717) is 11.6 Å². The molecule has 1 heterocycles. The zero-order chi connectivity index (χ0) is 14.0. The molecule has 1 fully saturated rings. The second-order valence-electron chi connectivity index (χ2n) is 6.30. The largest absolute Gasteiger partial charge is 0.308 e. The maximum absolute atomic E-state index is 3.78. The first kappa shape index (κ1) is 15.0. The van der Waals surface area contributed by atoms with Crippen molar-refractivity contribution in [2.75, 3.05) is 20.6 Å². The summed E-state index contributed by atoms with van der Waals surface area (Å²) in [5.41, 5.74) is 1.86. The van der Waals surface area contributed by atoms with Crippen LogP contribution in [-0.4, -0.2) is 31.1 Å². The third kappa shape index (κ3) is 3.21. The van der Waals surface area contributed by atoms with Crippen molar-refractivity contribution < 1.29 is 0 Å². The monoisotopic (exact) mass is 280 g/mol. The zero-order valence-corrected chi connectivity index (χ0v) is 13.9. The molecule has 2 rings (SSSR count). The SMILES string of the molecule is Cc1cc(C(C)NCC2(N(C)C)CCCC2)c(C)s1. The molecule has 0 bridgehead atoms. The minimum Gasteiger partial charge on any atom is -0.308 e. The van der Waals surface area contributed by atoms with Crippen LogP contribution >= 0.6 is 11.3 Å². The minimum atomic E-state index is 0.382. The summed E-state index contributed by atoms with van der Waals surface area (Å²) in [5, 5.41) is 3.78. The van der Waals surface area contributed by atoms with E-state index in [9.17, 15) is 0 Å². The number of hydrogen-bond donors (Lipinski definition) is 1. The van der Waals surface area contributed by atoms with Gasteiger partial charge in [-0.15, -0.1) is 11.3 Å². The second-order valence-corrected chi connectivity index (χ2v) is 7.76. The molecule has 1 atom stereocenters. The highest BCUT2D eigenvalue weighted by molar-refractivity contribution is 7.12. The molecule has 108 valence electrons. The van der Waals surface area contributed by atoms with Gasteiger partial charge in [-0.3, -0.25) is 0 Å². The third-order valence-electron chi connectivity index (χ3n) is 4.77. The fourth-order valence-electron chi connectivity index (χ4n) is 3.35. The third-order valence-corrected chi connectivity index (χ3v) is 5.75. The lowest BCUT2D eigenvalue weighted by Gasteiger charge is -2.37. The molecule has 1 aromatic rings. The standard InChI is InChI=1S/C16H28N2S/c1-12-10-15(14(3)19-12)13(2)17-11-16(18(4)5)8-6-7-9-16/h10,13,17H,6-9,11H2,1-5H3. The van der Waals surface area contributed by atoms with Gasteiger partial charge in [0.2, 0.25) is 0 Å². The van der Waals surface area contributed by atoms with E-state index in [1.165, 1.54) is 41.0 Å². The molecule has 1 unspecified atom stereocenters. The molecule has 0 spiro atoms. The van der Waals surface area contributed by atoms with Crippen molar-refractivity contribution in [2.24, 2.45) is 0 Å². The van der Waals surface area contributed by atoms with Gasteiger partial charge in [-0.2, -0.15) is 0 Å². The molecular formula is C16H28N2S. The summed E-state index contributed by atoms with van der Waals surface area (Å²) >= 11 is 1.91. The van der Waals surface area contributed by atoms with E-state index in [1.807, 2.05) is 11.3 Å². The van der Waals surface area contributed by atoms with Crippen LogP contribution in [0.3, 0.4) is 0 Å². The molecule has 2 nitrogen and oxygen atoms in total. The fourth-order valence-corrected chi connectivity index (χ4v) is 4.37. The van der Waals surface area contributed by atoms with Gasteiger partial charge in [0.05, 0.1) is 0 Å². The van der Waals surface area contributed by atoms with Crippen LogP contribution in [0, 0.1) is 13.8 Å². The Morgan fingerprint density at radius 1 is 1.32 bits per heavy atom. The number of likely N-dealkylation sites (N-methyl/N-ethyl adjacent to an activating group) is 1. The van der Waals surface area contributed by atoms with Crippen molar-refractivity contribution in [3.05, 3.63) is 21.4 Å². The first-order chi connectivity index (χ1) is 8.94. The summed E-state index contributed by atoms with van der Waals surface area (Å²) in [5.74, 6) is 0. The van der Waals surface area contributed by atoms with Gasteiger partial charge < -0.3 is 10.2 Å². The normalized spacial score (nSPS) is 20.1. The highest BCUT2D eigenvalue weighted by Crippen LogP contribution is 2.34. The van der Waals surface area contributed by atoms with E-state index in [-0.39, 0.29) is 0 Å². The van der Waals surface area contributed by atoms with Crippen LogP contribution in [0.4, 0.5) is 0 Å². The first-order valence-electron chi connectivity index (χ1n) is 7.42. The molecule has 0 amide bonds. The molecule has 1 aliphatic rings. The van der Waals surface area contributed by atoms with Gasteiger partial charge in [-0.25, -0.2) is 0 Å². The Labute approximate surface area is 122 Å². The van der Waals surface area contributed by atoms with Crippen LogP contribution < -0.4 is 5.32 Å². The summed E-state index contributed by atoms with van der Waals surface area (Å²) in [6, 6.07) is 2.80. The average molecular weight is 280 g/mol. The van der Waals surface area contributed by atoms with Crippen LogP contribution in [0.15, 0.2) is 6.07 Å². The molecule has 1 aromatic heterocycles. The summed E-state index contributed by atoms with van der Waals surface area (Å²) in [7, 11) is 4.47. The minimum absolute atomic E-state index is 0.382. The number of thiophene rings is 1. The molecule has 1 N–H and O–H groups in total. The summed E-state index contributed by atoms with van der Waals surface area (Å²) < 4.78 is 0. The number of nitrogens with zero attached hydrogens (tertiary/aromatic N) is 1. The second kappa shape index (κ2) is 5.94. The number of aryl methyl sites for hydroxylation is 2.